The van der Waals surface area contributed by atoms with Crippen molar-refractivity contribution in [3.05, 3.63) is 39.8 Å². The molecule has 0 spiro atoms. The van der Waals surface area contributed by atoms with E-state index in [-0.39, 0.29) is 5.54 Å². The van der Waals surface area contributed by atoms with Crippen LogP contribution in [-0.4, -0.2) is 9.78 Å². The molecular weight excluding hydrogens is 254 g/mol. The Hall–Kier alpha value is -1.13. The molecule has 1 N–H and O–H groups in total. The van der Waals surface area contributed by atoms with Gasteiger partial charge in [0.15, 0.2) is 0 Å². The number of aromatic nitrogens is 2. The Kier molecular flexibility index (Phi) is 4.42. The quantitative estimate of drug-likeness (QED) is 0.905. The minimum absolute atomic E-state index is 0.0569. The third kappa shape index (κ3) is 3.67. The second-order valence-corrected chi connectivity index (χ2v) is 6.79. The van der Waals surface area contributed by atoms with Gasteiger partial charge in [-0.2, -0.15) is 5.10 Å². The van der Waals surface area contributed by atoms with Crippen molar-refractivity contribution < 1.29 is 0 Å². The van der Waals surface area contributed by atoms with E-state index < -0.39 is 0 Å². The van der Waals surface area contributed by atoms with Crippen LogP contribution >= 0.6 is 11.3 Å². The number of thiophene rings is 1. The number of aryl methyl sites for hydroxylation is 1. The summed E-state index contributed by atoms with van der Waals surface area (Å²) < 4.78 is 2.02. The third-order valence-corrected chi connectivity index (χ3v) is 4.12. The van der Waals surface area contributed by atoms with Crippen LogP contribution in [0.3, 0.4) is 0 Å². The second kappa shape index (κ2) is 5.88. The van der Waals surface area contributed by atoms with E-state index in [2.05, 4.69) is 55.8 Å². The molecule has 2 heterocycles. The average Bonchev–Trinajstić information content (AvgIpc) is 2.96. The number of hydrogen-bond acceptors (Lipinski definition) is 3. The standard InChI is InChI=1S/C15H23N3S/c1-5-13-6-7-19-14(13)10-16-8-12-9-17-18(11-12)15(2,3)4/h6-7,9,11,16H,5,8,10H2,1-4H3. The number of nitrogens with zero attached hydrogens (tertiary/aromatic N) is 2. The van der Waals surface area contributed by atoms with Crippen molar-refractivity contribution in [1.29, 1.82) is 0 Å². The molecule has 0 aliphatic carbocycles. The van der Waals surface area contributed by atoms with Gasteiger partial charge in [0, 0.05) is 29.7 Å². The van der Waals surface area contributed by atoms with Crippen molar-refractivity contribution in [2.45, 2.75) is 52.7 Å². The summed E-state index contributed by atoms with van der Waals surface area (Å²) in [6.07, 6.45) is 5.19. The van der Waals surface area contributed by atoms with Crippen LogP contribution in [0.5, 0.6) is 0 Å². The Labute approximate surface area is 119 Å². The lowest BCUT2D eigenvalue weighted by Gasteiger charge is -2.18. The smallest absolute Gasteiger partial charge is 0.0543 e. The molecule has 104 valence electrons. The zero-order valence-electron chi connectivity index (χ0n) is 12.2. The second-order valence-electron chi connectivity index (χ2n) is 5.79. The van der Waals surface area contributed by atoms with E-state index in [1.165, 1.54) is 16.0 Å². The van der Waals surface area contributed by atoms with Crippen molar-refractivity contribution in [3.63, 3.8) is 0 Å². The molecule has 2 rings (SSSR count). The van der Waals surface area contributed by atoms with Gasteiger partial charge in [-0.25, -0.2) is 0 Å². The van der Waals surface area contributed by atoms with Gasteiger partial charge in [0.2, 0.25) is 0 Å². The SMILES string of the molecule is CCc1ccsc1CNCc1cnn(C(C)(C)C)c1. The van der Waals surface area contributed by atoms with E-state index in [1.54, 1.807) is 0 Å². The minimum Gasteiger partial charge on any atom is -0.308 e. The van der Waals surface area contributed by atoms with Crippen LogP contribution in [-0.2, 0) is 25.0 Å². The lowest BCUT2D eigenvalue weighted by atomic mass is 10.1. The monoisotopic (exact) mass is 277 g/mol. The molecule has 0 aromatic carbocycles. The molecule has 19 heavy (non-hydrogen) atoms. The van der Waals surface area contributed by atoms with Gasteiger partial charge < -0.3 is 5.32 Å². The van der Waals surface area contributed by atoms with Crippen LogP contribution in [0.2, 0.25) is 0 Å². The maximum Gasteiger partial charge on any atom is 0.0543 e. The van der Waals surface area contributed by atoms with Gasteiger partial charge in [-0.1, -0.05) is 6.92 Å². The van der Waals surface area contributed by atoms with Crippen molar-refractivity contribution >= 4 is 11.3 Å². The highest BCUT2D eigenvalue weighted by Gasteiger charge is 2.13. The van der Waals surface area contributed by atoms with Gasteiger partial charge in [0.1, 0.15) is 0 Å². The molecule has 0 unspecified atom stereocenters. The summed E-state index contributed by atoms with van der Waals surface area (Å²) in [6.45, 7) is 10.5. The highest BCUT2D eigenvalue weighted by atomic mass is 32.1. The first-order valence-electron chi connectivity index (χ1n) is 6.80. The first-order chi connectivity index (χ1) is 9.00. The van der Waals surface area contributed by atoms with Crippen molar-refractivity contribution in [2.24, 2.45) is 0 Å². The van der Waals surface area contributed by atoms with Crippen LogP contribution in [0.4, 0.5) is 0 Å². The van der Waals surface area contributed by atoms with Crippen LogP contribution in [0.1, 0.15) is 43.7 Å². The molecule has 4 heteroatoms. The Bertz CT molecular complexity index is 519. The van der Waals surface area contributed by atoms with E-state index in [0.717, 1.165) is 19.5 Å². The Morgan fingerprint density at radius 3 is 2.74 bits per heavy atom. The first kappa shape index (κ1) is 14.3. The molecule has 0 atom stereocenters. The summed E-state index contributed by atoms with van der Waals surface area (Å²) in [7, 11) is 0. The first-order valence-corrected chi connectivity index (χ1v) is 7.68. The average molecular weight is 277 g/mol. The highest BCUT2D eigenvalue weighted by Crippen LogP contribution is 2.17. The molecule has 3 nitrogen and oxygen atoms in total. The third-order valence-electron chi connectivity index (χ3n) is 3.16. The minimum atomic E-state index is 0.0569. The van der Waals surface area contributed by atoms with Gasteiger partial charge in [-0.15, -0.1) is 11.3 Å². The highest BCUT2D eigenvalue weighted by molar-refractivity contribution is 7.10. The van der Waals surface area contributed by atoms with E-state index in [4.69, 9.17) is 0 Å². The van der Waals surface area contributed by atoms with Gasteiger partial charge in [0.05, 0.1) is 11.7 Å². The largest absolute Gasteiger partial charge is 0.308 e. The number of hydrogen-bond donors (Lipinski definition) is 1. The molecule has 0 fully saturated rings. The van der Waals surface area contributed by atoms with Crippen LogP contribution in [0, 0.1) is 0 Å². The van der Waals surface area contributed by atoms with Gasteiger partial charge >= 0.3 is 0 Å². The number of nitrogens with one attached hydrogen (secondary N) is 1. The summed E-state index contributed by atoms with van der Waals surface area (Å²) in [5.74, 6) is 0. The maximum absolute atomic E-state index is 4.42. The van der Waals surface area contributed by atoms with Crippen molar-refractivity contribution in [3.8, 4) is 0 Å². The molecule has 2 aromatic heterocycles. The summed E-state index contributed by atoms with van der Waals surface area (Å²) in [5, 5.41) is 10.1. The summed E-state index contributed by atoms with van der Waals surface area (Å²) in [5.41, 5.74) is 2.76. The van der Waals surface area contributed by atoms with E-state index in [0.29, 0.717) is 0 Å². The fraction of sp³-hybridized carbons (Fsp3) is 0.533. The lowest BCUT2D eigenvalue weighted by molar-refractivity contribution is 0.355. The van der Waals surface area contributed by atoms with Gasteiger partial charge in [0.25, 0.3) is 0 Å². The zero-order valence-corrected chi connectivity index (χ0v) is 13.0. The molecule has 0 aliphatic heterocycles. The predicted octanol–water partition coefficient (Wildman–Crippen LogP) is 3.55. The summed E-state index contributed by atoms with van der Waals surface area (Å²) in [4.78, 5) is 1.45. The molecule has 0 aliphatic rings. The fourth-order valence-electron chi connectivity index (χ4n) is 1.98. The number of rotatable bonds is 5. The maximum atomic E-state index is 4.42. The predicted molar refractivity (Wildman–Crippen MR) is 81.5 cm³/mol. The molecule has 0 saturated heterocycles. The van der Waals surface area contributed by atoms with Crippen LogP contribution in [0.15, 0.2) is 23.8 Å². The summed E-state index contributed by atoms with van der Waals surface area (Å²) >= 11 is 1.84. The lowest BCUT2D eigenvalue weighted by Crippen LogP contribution is -2.22. The molecular formula is C15H23N3S. The fourth-order valence-corrected chi connectivity index (χ4v) is 2.92. The molecule has 0 amide bonds. The van der Waals surface area contributed by atoms with Gasteiger partial charge in [-0.05, 0) is 44.2 Å². The molecule has 0 radical (unpaired) electrons. The Morgan fingerprint density at radius 2 is 2.11 bits per heavy atom. The summed E-state index contributed by atoms with van der Waals surface area (Å²) in [6, 6.07) is 2.22. The zero-order chi connectivity index (χ0) is 13.9. The van der Waals surface area contributed by atoms with E-state index >= 15 is 0 Å². The normalized spacial score (nSPS) is 12.0. The molecule has 0 bridgehead atoms. The van der Waals surface area contributed by atoms with Crippen molar-refractivity contribution in [1.82, 2.24) is 15.1 Å². The molecule has 2 aromatic rings. The van der Waals surface area contributed by atoms with E-state index in [9.17, 15) is 0 Å². The van der Waals surface area contributed by atoms with Crippen LogP contribution < -0.4 is 5.32 Å². The van der Waals surface area contributed by atoms with Crippen molar-refractivity contribution in [2.75, 3.05) is 0 Å². The Balaban J connectivity index is 1.88. The topological polar surface area (TPSA) is 29.9 Å². The van der Waals surface area contributed by atoms with E-state index in [1.807, 2.05) is 22.2 Å². The Morgan fingerprint density at radius 1 is 1.32 bits per heavy atom. The molecule has 0 saturated carbocycles. The van der Waals surface area contributed by atoms with Crippen LogP contribution in [0.25, 0.3) is 0 Å². The van der Waals surface area contributed by atoms with Gasteiger partial charge in [-0.3, -0.25) is 4.68 Å².